The first-order chi connectivity index (χ1) is 13.1. The second kappa shape index (κ2) is 8.86. The lowest BCUT2D eigenvalue weighted by Gasteiger charge is -2.27. The fraction of sp³-hybridized carbons (Fsp3) is 0.238. The van der Waals surface area contributed by atoms with E-state index in [1.807, 2.05) is 25.1 Å². The molecule has 2 aromatic carbocycles. The van der Waals surface area contributed by atoms with Gasteiger partial charge < -0.3 is 4.74 Å². The Morgan fingerprint density at radius 2 is 2.04 bits per heavy atom. The van der Waals surface area contributed by atoms with Gasteiger partial charge in [-0.05, 0) is 54.8 Å². The van der Waals surface area contributed by atoms with Gasteiger partial charge in [-0.2, -0.15) is 0 Å². The Labute approximate surface area is 162 Å². The van der Waals surface area contributed by atoms with Gasteiger partial charge >= 0.3 is 0 Å². The zero-order valence-electron chi connectivity index (χ0n) is 15.3. The second-order valence-corrected chi connectivity index (χ2v) is 7.21. The van der Waals surface area contributed by atoms with Crippen LogP contribution in [0.2, 0.25) is 0 Å². The number of methoxy groups -OCH3 is 1. The highest BCUT2D eigenvalue weighted by molar-refractivity contribution is 8.13. The van der Waals surface area contributed by atoms with Crippen LogP contribution in [0.3, 0.4) is 0 Å². The summed E-state index contributed by atoms with van der Waals surface area (Å²) >= 11 is 1.56. The number of thioether (sulfide) groups is 1. The summed E-state index contributed by atoms with van der Waals surface area (Å²) in [5, 5.41) is 0.666. The van der Waals surface area contributed by atoms with E-state index >= 15 is 0 Å². The Morgan fingerprint density at radius 3 is 2.78 bits per heavy atom. The van der Waals surface area contributed by atoms with Crippen LogP contribution in [-0.4, -0.2) is 35.4 Å². The molecule has 1 aliphatic heterocycles. The molecule has 0 saturated carbocycles. The standard InChI is InChI=1S/C21H21FN2O2S/c1-15-4-10-19(26-2)18(14-15)23-21-24(12-3-13-27-21)20(25)11-7-16-5-8-17(22)9-6-16/h4-11,14H,3,12-13H2,1-2H3. The summed E-state index contributed by atoms with van der Waals surface area (Å²) in [5.74, 6) is 1.15. The third-order valence-corrected chi connectivity index (χ3v) is 5.16. The number of halogens is 1. The zero-order chi connectivity index (χ0) is 19.2. The Balaban J connectivity index is 1.83. The molecule has 1 amide bonds. The van der Waals surface area contributed by atoms with Gasteiger partial charge in [-0.1, -0.05) is 30.0 Å². The van der Waals surface area contributed by atoms with E-state index in [1.165, 1.54) is 18.2 Å². The Kier molecular flexibility index (Phi) is 6.29. The van der Waals surface area contributed by atoms with Gasteiger partial charge in [-0.15, -0.1) is 0 Å². The summed E-state index contributed by atoms with van der Waals surface area (Å²) in [6.45, 7) is 2.61. The lowest BCUT2D eigenvalue weighted by atomic mass is 10.2. The second-order valence-electron chi connectivity index (χ2n) is 6.15. The Bertz CT molecular complexity index is 878. The zero-order valence-corrected chi connectivity index (χ0v) is 16.1. The number of hydrogen-bond acceptors (Lipinski definition) is 4. The van der Waals surface area contributed by atoms with Crippen LogP contribution in [0, 0.1) is 12.7 Å². The minimum Gasteiger partial charge on any atom is -0.494 e. The van der Waals surface area contributed by atoms with E-state index in [2.05, 4.69) is 0 Å². The van der Waals surface area contributed by atoms with Crippen LogP contribution in [-0.2, 0) is 4.79 Å². The molecule has 2 aromatic rings. The minimum absolute atomic E-state index is 0.142. The van der Waals surface area contributed by atoms with Gasteiger partial charge in [0.1, 0.15) is 17.3 Å². The number of benzene rings is 2. The molecular weight excluding hydrogens is 363 g/mol. The summed E-state index contributed by atoms with van der Waals surface area (Å²) in [6, 6.07) is 11.8. The highest BCUT2D eigenvalue weighted by atomic mass is 32.2. The largest absolute Gasteiger partial charge is 0.494 e. The van der Waals surface area contributed by atoms with Gasteiger partial charge in [-0.25, -0.2) is 9.38 Å². The fourth-order valence-electron chi connectivity index (χ4n) is 2.68. The van der Waals surface area contributed by atoms with Gasteiger partial charge in [0.2, 0.25) is 0 Å². The molecule has 27 heavy (non-hydrogen) atoms. The van der Waals surface area contributed by atoms with Crippen molar-refractivity contribution < 1.29 is 13.9 Å². The van der Waals surface area contributed by atoms with E-state index in [-0.39, 0.29) is 11.7 Å². The molecule has 0 unspecified atom stereocenters. The molecule has 6 heteroatoms. The fourth-order valence-corrected chi connectivity index (χ4v) is 3.63. The molecule has 1 heterocycles. The minimum atomic E-state index is -0.299. The molecule has 1 fully saturated rings. The molecule has 140 valence electrons. The number of amides is 1. The van der Waals surface area contributed by atoms with Crippen molar-refractivity contribution in [2.45, 2.75) is 13.3 Å². The number of nitrogens with zero attached hydrogens (tertiary/aromatic N) is 2. The van der Waals surface area contributed by atoms with Gasteiger partial charge in [0.15, 0.2) is 5.17 Å². The van der Waals surface area contributed by atoms with Crippen LogP contribution in [0.25, 0.3) is 6.08 Å². The van der Waals surface area contributed by atoms with E-state index in [0.717, 1.165) is 23.3 Å². The Hall–Kier alpha value is -2.60. The van der Waals surface area contributed by atoms with Crippen molar-refractivity contribution in [3.05, 3.63) is 65.5 Å². The number of hydrogen-bond donors (Lipinski definition) is 0. The number of rotatable bonds is 4. The predicted molar refractivity (Wildman–Crippen MR) is 109 cm³/mol. The van der Waals surface area contributed by atoms with E-state index in [4.69, 9.17) is 9.73 Å². The lowest BCUT2D eigenvalue weighted by Crippen LogP contribution is -2.38. The van der Waals surface area contributed by atoms with E-state index < -0.39 is 0 Å². The van der Waals surface area contributed by atoms with Gasteiger partial charge in [0.25, 0.3) is 5.91 Å². The molecule has 0 atom stereocenters. The first kappa shape index (κ1) is 19.2. The average Bonchev–Trinajstić information content (AvgIpc) is 2.68. The maximum Gasteiger partial charge on any atom is 0.252 e. The summed E-state index contributed by atoms with van der Waals surface area (Å²) in [4.78, 5) is 19.1. The van der Waals surface area contributed by atoms with Crippen molar-refractivity contribution in [3.63, 3.8) is 0 Å². The highest BCUT2D eigenvalue weighted by Gasteiger charge is 2.22. The smallest absolute Gasteiger partial charge is 0.252 e. The normalized spacial score (nSPS) is 16.1. The maximum atomic E-state index is 13.0. The Morgan fingerprint density at radius 1 is 1.26 bits per heavy atom. The summed E-state index contributed by atoms with van der Waals surface area (Å²) in [6.07, 6.45) is 4.10. The topological polar surface area (TPSA) is 41.9 Å². The first-order valence-corrected chi connectivity index (χ1v) is 9.66. The molecule has 4 nitrogen and oxygen atoms in total. The van der Waals surface area contributed by atoms with Crippen molar-refractivity contribution in [2.75, 3.05) is 19.4 Å². The van der Waals surface area contributed by atoms with Crippen LogP contribution >= 0.6 is 11.8 Å². The van der Waals surface area contributed by atoms with Crippen molar-refractivity contribution in [2.24, 2.45) is 4.99 Å². The molecule has 0 aromatic heterocycles. The average molecular weight is 384 g/mol. The summed E-state index contributed by atoms with van der Waals surface area (Å²) in [7, 11) is 1.61. The van der Waals surface area contributed by atoms with Crippen LogP contribution < -0.4 is 4.74 Å². The molecule has 1 saturated heterocycles. The number of ether oxygens (including phenoxy) is 1. The number of aryl methyl sites for hydroxylation is 1. The van der Waals surface area contributed by atoms with Crippen molar-refractivity contribution in [1.82, 2.24) is 4.90 Å². The van der Waals surface area contributed by atoms with Crippen LogP contribution in [0.1, 0.15) is 17.5 Å². The monoisotopic (exact) mass is 384 g/mol. The predicted octanol–water partition coefficient (Wildman–Crippen LogP) is 4.81. The highest BCUT2D eigenvalue weighted by Crippen LogP contribution is 2.31. The number of amidine groups is 1. The molecule has 3 rings (SSSR count). The van der Waals surface area contributed by atoms with Crippen molar-refractivity contribution in [3.8, 4) is 5.75 Å². The number of carbonyl (C=O) groups is 1. The molecule has 0 radical (unpaired) electrons. The van der Waals surface area contributed by atoms with Crippen molar-refractivity contribution >= 4 is 34.6 Å². The third-order valence-electron chi connectivity index (χ3n) is 4.09. The number of aliphatic imine (C=N–C) groups is 1. The number of carbonyl (C=O) groups excluding carboxylic acids is 1. The quantitative estimate of drug-likeness (QED) is 0.711. The molecule has 0 aliphatic carbocycles. The van der Waals surface area contributed by atoms with E-state index in [9.17, 15) is 9.18 Å². The van der Waals surface area contributed by atoms with Crippen molar-refractivity contribution in [1.29, 1.82) is 0 Å². The SMILES string of the molecule is COc1ccc(C)cc1N=C1SCCCN1C(=O)C=Cc1ccc(F)cc1. The first-order valence-electron chi connectivity index (χ1n) is 8.68. The summed E-state index contributed by atoms with van der Waals surface area (Å²) in [5.41, 5.74) is 2.56. The van der Waals surface area contributed by atoms with E-state index in [0.29, 0.717) is 23.1 Å². The lowest BCUT2D eigenvalue weighted by molar-refractivity contribution is -0.122. The van der Waals surface area contributed by atoms with Crippen LogP contribution in [0.5, 0.6) is 5.75 Å². The molecule has 1 aliphatic rings. The van der Waals surface area contributed by atoms with Gasteiger partial charge in [0, 0.05) is 18.4 Å². The van der Waals surface area contributed by atoms with Crippen LogP contribution in [0.15, 0.2) is 53.5 Å². The third kappa shape index (κ3) is 4.98. The molecule has 0 bridgehead atoms. The molecule has 0 N–H and O–H groups in total. The maximum absolute atomic E-state index is 13.0. The van der Waals surface area contributed by atoms with E-state index in [1.54, 1.807) is 42.0 Å². The van der Waals surface area contributed by atoms with Crippen LogP contribution in [0.4, 0.5) is 10.1 Å². The van der Waals surface area contributed by atoms with Gasteiger partial charge in [-0.3, -0.25) is 9.69 Å². The molecular formula is C21H21FN2O2S. The molecule has 0 spiro atoms. The van der Waals surface area contributed by atoms with Gasteiger partial charge in [0.05, 0.1) is 7.11 Å². The summed E-state index contributed by atoms with van der Waals surface area (Å²) < 4.78 is 18.4.